The van der Waals surface area contributed by atoms with Crippen LogP contribution in [0.5, 0.6) is 0 Å². The first-order valence-electron chi connectivity index (χ1n) is 9.14. The lowest BCUT2D eigenvalue weighted by molar-refractivity contribution is 0.122. The fourth-order valence-corrected chi connectivity index (χ4v) is 5.05. The number of rotatable bonds is 2. The van der Waals surface area contributed by atoms with Crippen LogP contribution in [-0.4, -0.2) is 54.3 Å². The van der Waals surface area contributed by atoms with Gasteiger partial charge in [-0.15, -0.1) is 11.3 Å². The van der Waals surface area contributed by atoms with Gasteiger partial charge < -0.3 is 14.5 Å². The van der Waals surface area contributed by atoms with Gasteiger partial charge in [0.05, 0.1) is 23.4 Å². The van der Waals surface area contributed by atoms with Gasteiger partial charge in [0.15, 0.2) is 5.82 Å². The number of fused-ring (bicyclic) bond motifs is 3. The van der Waals surface area contributed by atoms with E-state index < -0.39 is 0 Å². The highest BCUT2D eigenvalue weighted by Crippen LogP contribution is 2.39. The SMILES string of the molecule is Clc1nc(N2CCCCC2)c2sc3nc(N4CCOCC4)ccc3c2n1. The second-order valence-corrected chi connectivity index (χ2v) is 8.10. The van der Waals surface area contributed by atoms with Gasteiger partial charge >= 0.3 is 0 Å². The first kappa shape index (κ1) is 16.5. The van der Waals surface area contributed by atoms with Crippen molar-refractivity contribution in [3.63, 3.8) is 0 Å². The average molecular weight is 390 g/mol. The van der Waals surface area contributed by atoms with Crippen molar-refractivity contribution in [3.8, 4) is 0 Å². The van der Waals surface area contributed by atoms with E-state index in [-0.39, 0.29) is 0 Å². The van der Waals surface area contributed by atoms with Crippen molar-refractivity contribution in [3.05, 3.63) is 17.4 Å². The maximum absolute atomic E-state index is 6.27. The Morgan fingerprint density at radius 3 is 2.54 bits per heavy atom. The molecule has 5 heterocycles. The van der Waals surface area contributed by atoms with Crippen molar-refractivity contribution in [1.82, 2.24) is 15.0 Å². The number of morpholine rings is 1. The summed E-state index contributed by atoms with van der Waals surface area (Å²) in [5, 5.41) is 1.37. The van der Waals surface area contributed by atoms with Gasteiger partial charge in [-0.2, -0.15) is 4.98 Å². The van der Waals surface area contributed by atoms with Crippen LogP contribution >= 0.6 is 22.9 Å². The lowest BCUT2D eigenvalue weighted by Gasteiger charge is -2.27. The summed E-state index contributed by atoms with van der Waals surface area (Å²) in [5.41, 5.74) is 0.923. The number of piperidine rings is 1. The molecule has 5 rings (SSSR count). The molecule has 136 valence electrons. The van der Waals surface area contributed by atoms with E-state index in [1.165, 1.54) is 19.3 Å². The highest BCUT2D eigenvalue weighted by molar-refractivity contribution is 7.26. The van der Waals surface area contributed by atoms with Crippen LogP contribution in [0.1, 0.15) is 19.3 Å². The number of hydrogen-bond donors (Lipinski definition) is 0. The molecule has 3 aromatic rings. The number of halogens is 1. The summed E-state index contributed by atoms with van der Waals surface area (Å²) < 4.78 is 6.54. The first-order valence-corrected chi connectivity index (χ1v) is 10.3. The van der Waals surface area contributed by atoms with E-state index in [1.54, 1.807) is 11.3 Å². The molecule has 0 radical (unpaired) electrons. The van der Waals surface area contributed by atoms with Crippen LogP contribution in [0.15, 0.2) is 12.1 Å². The second kappa shape index (κ2) is 6.79. The van der Waals surface area contributed by atoms with Crippen molar-refractivity contribution in [2.24, 2.45) is 0 Å². The van der Waals surface area contributed by atoms with Crippen molar-refractivity contribution in [1.29, 1.82) is 0 Å². The standard InChI is InChI=1S/C18H20ClN5OS/c19-18-21-14-12-4-5-13(23-8-10-25-11-9-23)20-17(12)26-15(14)16(22-18)24-6-2-1-3-7-24/h4-5H,1-3,6-11H2. The number of hydrogen-bond acceptors (Lipinski definition) is 7. The molecule has 0 atom stereocenters. The highest BCUT2D eigenvalue weighted by atomic mass is 35.5. The number of thiophene rings is 1. The number of aromatic nitrogens is 3. The maximum Gasteiger partial charge on any atom is 0.224 e. The van der Waals surface area contributed by atoms with E-state index in [9.17, 15) is 0 Å². The van der Waals surface area contributed by atoms with Gasteiger partial charge in [-0.3, -0.25) is 0 Å². The molecule has 2 fully saturated rings. The van der Waals surface area contributed by atoms with Crippen molar-refractivity contribution in [2.45, 2.75) is 19.3 Å². The minimum atomic E-state index is 0.315. The molecule has 2 aliphatic rings. The van der Waals surface area contributed by atoms with Gasteiger partial charge in [0.2, 0.25) is 5.28 Å². The lowest BCUT2D eigenvalue weighted by atomic mass is 10.1. The molecular weight excluding hydrogens is 370 g/mol. The summed E-state index contributed by atoms with van der Waals surface area (Å²) in [7, 11) is 0. The van der Waals surface area contributed by atoms with Gasteiger partial charge in [0.25, 0.3) is 0 Å². The molecule has 2 aliphatic heterocycles. The van der Waals surface area contributed by atoms with E-state index in [2.05, 4.69) is 31.9 Å². The Bertz CT molecular complexity index is 950. The summed E-state index contributed by atoms with van der Waals surface area (Å²) in [6.07, 6.45) is 3.69. The van der Waals surface area contributed by atoms with E-state index in [0.29, 0.717) is 5.28 Å². The fourth-order valence-electron chi connectivity index (χ4n) is 3.76. The molecule has 6 nitrogen and oxygen atoms in total. The van der Waals surface area contributed by atoms with Crippen LogP contribution in [-0.2, 0) is 4.74 Å². The summed E-state index contributed by atoms with van der Waals surface area (Å²) in [4.78, 5) is 19.6. The second-order valence-electron chi connectivity index (χ2n) is 6.77. The number of anilines is 2. The molecule has 0 amide bonds. The van der Waals surface area contributed by atoms with E-state index in [4.69, 9.17) is 21.3 Å². The zero-order chi connectivity index (χ0) is 17.5. The molecule has 8 heteroatoms. The molecule has 26 heavy (non-hydrogen) atoms. The molecule has 0 aliphatic carbocycles. The lowest BCUT2D eigenvalue weighted by Crippen LogP contribution is -2.36. The molecule has 3 aromatic heterocycles. The van der Waals surface area contributed by atoms with E-state index in [1.807, 2.05) is 0 Å². The topological polar surface area (TPSA) is 54.4 Å². The number of nitrogens with zero attached hydrogens (tertiary/aromatic N) is 5. The Kier molecular flexibility index (Phi) is 4.30. The highest BCUT2D eigenvalue weighted by Gasteiger charge is 2.21. The van der Waals surface area contributed by atoms with E-state index in [0.717, 1.165) is 71.5 Å². The summed E-state index contributed by atoms with van der Waals surface area (Å²) in [6, 6.07) is 4.20. The van der Waals surface area contributed by atoms with Crippen LogP contribution in [0, 0.1) is 0 Å². The molecule has 0 unspecified atom stereocenters. The van der Waals surface area contributed by atoms with Crippen LogP contribution in [0.4, 0.5) is 11.6 Å². The van der Waals surface area contributed by atoms with Gasteiger partial charge in [-0.25, -0.2) is 9.97 Å². The third kappa shape index (κ3) is 2.88. The molecule has 0 spiro atoms. The van der Waals surface area contributed by atoms with Gasteiger partial charge in [0.1, 0.15) is 10.6 Å². The number of pyridine rings is 1. The Hall–Kier alpha value is -1.70. The normalized spacial score (nSPS) is 18.8. The average Bonchev–Trinajstić information content (AvgIpc) is 3.06. The largest absolute Gasteiger partial charge is 0.378 e. The zero-order valence-corrected chi connectivity index (χ0v) is 16.0. The molecule has 0 saturated carbocycles. The minimum absolute atomic E-state index is 0.315. The van der Waals surface area contributed by atoms with Crippen LogP contribution in [0.3, 0.4) is 0 Å². The first-order chi connectivity index (χ1) is 12.8. The molecule has 0 aromatic carbocycles. The van der Waals surface area contributed by atoms with E-state index >= 15 is 0 Å². The maximum atomic E-state index is 6.27. The van der Waals surface area contributed by atoms with Crippen LogP contribution < -0.4 is 9.80 Å². The van der Waals surface area contributed by atoms with Crippen LogP contribution in [0.2, 0.25) is 5.28 Å². The third-order valence-electron chi connectivity index (χ3n) is 5.11. The quantitative estimate of drug-likeness (QED) is 0.622. The Morgan fingerprint density at radius 2 is 1.73 bits per heavy atom. The Labute approximate surface area is 160 Å². The predicted octanol–water partition coefficient (Wildman–Crippen LogP) is 3.72. The molecular formula is C18H20ClN5OS. The third-order valence-corrected chi connectivity index (χ3v) is 6.36. The monoisotopic (exact) mass is 389 g/mol. The van der Waals surface area contributed by atoms with Crippen LogP contribution in [0.25, 0.3) is 20.4 Å². The molecule has 2 saturated heterocycles. The Balaban J connectivity index is 1.63. The minimum Gasteiger partial charge on any atom is -0.378 e. The summed E-state index contributed by atoms with van der Waals surface area (Å²) in [5.74, 6) is 1.97. The summed E-state index contributed by atoms with van der Waals surface area (Å²) in [6.45, 7) is 5.34. The summed E-state index contributed by atoms with van der Waals surface area (Å²) >= 11 is 7.94. The molecule has 0 N–H and O–H groups in total. The van der Waals surface area contributed by atoms with Gasteiger partial charge in [-0.1, -0.05) is 0 Å². The van der Waals surface area contributed by atoms with Crippen molar-refractivity contribution >= 4 is 55.0 Å². The van der Waals surface area contributed by atoms with Crippen molar-refractivity contribution in [2.75, 3.05) is 49.2 Å². The fraction of sp³-hybridized carbons (Fsp3) is 0.500. The van der Waals surface area contributed by atoms with Crippen molar-refractivity contribution < 1.29 is 4.74 Å². The predicted molar refractivity (Wildman–Crippen MR) is 107 cm³/mol. The molecule has 0 bridgehead atoms. The Morgan fingerprint density at radius 1 is 0.923 bits per heavy atom. The smallest absolute Gasteiger partial charge is 0.224 e. The number of ether oxygens (including phenoxy) is 1. The van der Waals surface area contributed by atoms with Gasteiger partial charge in [0, 0.05) is 31.6 Å². The van der Waals surface area contributed by atoms with Gasteiger partial charge in [-0.05, 0) is 43.0 Å². The zero-order valence-electron chi connectivity index (χ0n) is 14.4.